The molecule has 0 fully saturated rings. The maximum atomic E-state index is 12.2. The number of hydrogen-bond acceptors (Lipinski definition) is 3. The zero-order chi connectivity index (χ0) is 13.0. The third kappa shape index (κ3) is 2.75. The van der Waals surface area contributed by atoms with E-state index in [2.05, 4.69) is 0 Å². The molecule has 0 spiro atoms. The maximum Gasteiger partial charge on any atom is 0.323 e. The van der Waals surface area contributed by atoms with Gasteiger partial charge in [-0.15, -0.1) is 0 Å². The molecule has 1 aromatic heterocycles. The Balaban J connectivity index is 2.31. The number of para-hydroxylation sites is 1. The first-order valence-electron chi connectivity index (χ1n) is 5.29. The Morgan fingerprint density at radius 2 is 1.89 bits per heavy atom. The number of nitrogens with zero attached hydrogens (tertiary/aromatic N) is 1. The van der Waals surface area contributed by atoms with Crippen LogP contribution in [0.4, 0.5) is 5.69 Å². The summed E-state index contributed by atoms with van der Waals surface area (Å²) in [6, 6.07) is 10.5. The van der Waals surface area contributed by atoms with Crippen LogP contribution in [-0.2, 0) is 4.79 Å². The van der Waals surface area contributed by atoms with Crippen LogP contribution in [0.5, 0.6) is 0 Å². The number of aliphatic carboxylic acids is 1. The highest BCUT2D eigenvalue weighted by molar-refractivity contribution is 7.08. The lowest BCUT2D eigenvalue weighted by atomic mass is 10.2. The summed E-state index contributed by atoms with van der Waals surface area (Å²) in [5.41, 5.74) is 1.08. The molecule has 1 N–H and O–H groups in total. The van der Waals surface area contributed by atoms with E-state index in [-0.39, 0.29) is 12.5 Å². The van der Waals surface area contributed by atoms with Gasteiger partial charge in [0.25, 0.3) is 5.91 Å². The number of rotatable bonds is 4. The van der Waals surface area contributed by atoms with Gasteiger partial charge in [-0.05, 0) is 23.6 Å². The summed E-state index contributed by atoms with van der Waals surface area (Å²) in [7, 11) is 0. The Hall–Kier alpha value is -2.14. The quantitative estimate of drug-likeness (QED) is 0.919. The van der Waals surface area contributed by atoms with E-state index in [9.17, 15) is 9.59 Å². The van der Waals surface area contributed by atoms with Crippen LogP contribution in [0.25, 0.3) is 0 Å². The molecule has 2 aromatic rings. The van der Waals surface area contributed by atoms with Crippen LogP contribution in [0, 0.1) is 0 Å². The largest absolute Gasteiger partial charge is 0.480 e. The van der Waals surface area contributed by atoms with Gasteiger partial charge < -0.3 is 5.11 Å². The van der Waals surface area contributed by atoms with E-state index < -0.39 is 5.97 Å². The molecule has 5 heteroatoms. The Kier molecular flexibility index (Phi) is 3.74. The number of benzene rings is 1. The van der Waals surface area contributed by atoms with Gasteiger partial charge in [0.05, 0.1) is 5.56 Å². The molecule has 92 valence electrons. The molecule has 0 radical (unpaired) electrons. The van der Waals surface area contributed by atoms with Crippen molar-refractivity contribution in [1.82, 2.24) is 0 Å². The minimum absolute atomic E-state index is 0.301. The number of hydrogen-bond donors (Lipinski definition) is 1. The summed E-state index contributed by atoms with van der Waals surface area (Å²) in [6.45, 7) is -0.349. The molecule has 2 rings (SSSR count). The topological polar surface area (TPSA) is 57.6 Å². The third-order valence-electron chi connectivity index (χ3n) is 2.37. The van der Waals surface area contributed by atoms with Crippen molar-refractivity contribution in [2.75, 3.05) is 11.4 Å². The minimum atomic E-state index is -1.04. The molecule has 0 atom stereocenters. The molecule has 0 unspecified atom stereocenters. The summed E-state index contributed by atoms with van der Waals surface area (Å²) in [6.07, 6.45) is 0. The molecule has 0 bridgehead atoms. The van der Waals surface area contributed by atoms with Crippen LogP contribution < -0.4 is 4.90 Å². The van der Waals surface area contributed by atoms with Gasteiger partial charge >= 0.3 is 5.97 Å². The zero-order valence-electron chi connectivity index (χ0n) is 9.45. The highest BCUT2D eigenvalue weighted by atomic mass is 32.1. The fraction of sp³-hybridized carbons (Fsp3) is 0.0769. The number of carboxylic acid groups (broad SMARTS) is 1. The predicted octanol–water partition coefficient (Wildman–Crippen LogP) is 2.48. The monoisotopic (exact) mass is 261 g/mol. The number of carbonyl (C=O) groups is 2. The molecule has 4 nitrogen and oxygen atoms in total. The summed E-state index contributed by atoms with van der Waals surface area (Å²) < 4.78 is 0. The summed E-state index contributed by atoms with van der Waals surface area (Å²) >= 11 is 1.40. The van der Waals surface area contributed by atoms with Crippen molar-refractivity contribution in [3.05, 3.63) is 52.7 Å². The summed E-state index contributed by atoms with van der Waals surface area (Å²) in [5.74, 6) is -1.34. The Bertz CT molecular complexity index is 537. The second kappa shape index (κ2) is 5.46. The van der Waals surface area contributed by atoms with Crippen molar-refractivity contribution in [2.45, 2.75) is 0 Å². The fourth-order valence-corrected chi connectivity index (χ4v) is 2.20. The number of carbonyl (C=O) groups excluding carboxylic acids is 1. The number of amides is 1. The minimum Gasteiger partial charge on any atom is -0.480 e. The number of carboxylic acids is 1. The third-order valence-corrected chi connectivity index (χ3v) is 3.06. The van der Waals surface area contributed by atoms with Crippen molar-refractivity contribution in [3.63, 3.8) is 0 Å². The van der Waals surface area contributed by atoms with Gasteiger partial charge in [-0.2, -0.15) is 11.3 Å². The lowest BCUT2D eigenvalue weighted by Gasteiger charge is -2.20. The van der Waals surface area contributed by atoms with E-state index in [1.165, 1.54) is 16.2 Å². The van der Waals surface area contributed by atoms with Crippen LogP contribution in [-0.4, -0.2) is 23.5 Å². The van der Waals surface area contributed by atoms with E-state index in [1.807, 2.05) is 6.07 Å². The van der Waals surface area contributed by atoms with E-state index in [0.717, 1.165) is 0 Å². The Morgan fingerprint density at radius 3 is 2.44 bits per heavy atom. The summed E-state index contributed by atoms with van der Waals surface area (Å²) in [4.78, 5) is 24.3. The van der Waals surface area contributed by atoms with Crippen molar-refractivity contribution in [2.24, 2.45) is 0 Å². The molecule has 0 aliphatic carbocycles. The standard InChI is InChI=1S/C13H11NO3S/c15-12(16)8-14(11-4-2-1-3-5-11)13(17)10-6-7-18-9-10/h1-7,9H,8H2,(H,15,16). The normalized spacial score (nSPS) is 10.0. The highest BCUT2D eigenvalue weighted by Crippen LogP contribution is 2.17. The lowest BCUT2D eigenvalue weighted by molar-refractivity contribution is -0.135. The number of anilines is 1. The van der Waals surface area contributed by atoms with Crippen molar-refractivity contribution >= 4 is 28.9 Å². The Labute approximate surface area is 108 Å². The maximum absolute atomic E-state index is 12.2. The molecule has 18 heavy (non-hydrogen) atoms. The molecule has 0 saturated heterocycles. The second-order valence-corrected chi connectivity index (χ2v) is 4.41. The SMILES string of the molecule is O=C(O)CN(C(=O)c1ccsc1)c1ccccc1. The molecular weight excluding hydrogens is 250 g/mol. The first kappa shape index (κ1) is 12.3. The van der Waals surface area contributed by atoms with Gasteiger partial charge in [-0.25, -0.2) is 0 Å². The van der Waals surface area contributed by atoms with Crippen molar-refractivity contribution in [3.8, 4) is 0 Å². The average Bonchev–Trinajstić information content (AvgIpc) is 2.90. The van der Waals surface area contributed by atoms with Crippen LogP contribution >= 0.6 is 11.3 Å². The lowest BCUT2D eigenvalue weighted by Crippen LogP contribution is -2.35. The van der Waals surface area contributed by atoms with Crippen LogP contribution in [0.2, 0.25) is 0 Å². The average molecular weight is 261 g/mol. The predicted molar refractivity (Wildman–Crippen MR) is 70.1 cm³/mol. The van der Waals surface area contributed by atoms with Gasteiger partial charge in [-0.1, -0.05) is 18.2 Å². The van der Waals surface area contributed by atoms with Crippen molar-refractivity contribution in [1.29, 1.82) is 0 Å². The molecule has 1 amide bonds. The molecular formula is C13H11NO3S. The van der Waals surface area contributed by atoms with Gasteiger partial charge in [0.1, 0.15) is 6.54 Å². The van der Waals surface area contributed by atoms with E-state index in [0.29, 0.717) is 11.3 Å². The summed E-state index contributed by atoms with van der Waals surface area (Å²) in [5, 5.41) is 12.4. The van der Waals surface area contributed by atoms with E-state index in [1.54, 1.807) is 41.1 Å². The Morgan fingerprint density at radius 1 is 1.17 bits per heavy atom. The van der Waals surface area contributed by atoms with Crippen molar-refractivity contribution < 1.29 is 14.7 Å². The van der Waals surface area contributed by atoms with Gasteiger partial charge in [0, 0.05) is 11.1 Å². The van der Waals surface area contributed by atoms with Gasteiger partial charge in [0.15, 0.2) is 0 Å². The molecule has 1 aromatic carbocycles. The van der Waals surface area contributed by atoms with Gasteiger partial charge in [-0.3, -0.25) is 14.5 Å². The zero-order valence-corrected chi connectivity index (χ0v) is 10.3. The van der Waals surface area contributed by atoms with Crippen LogP contribution in [0.1, 0.15) is 10.4 Å². The van der Waals surface area contributed by atoms with E-state index >= 15 is 0 Å². The number of thiophene rings is 1. The fourth-order valence-electron chi connectivity index (χ4n) is 1.57. The highest BCUT2D eigenvalue weighted by Gasteiger charge is 2.20. The molecule has 0 saturated carbocycles. The first-order valence-corrected chi connectivity index (χ1v) is 6.23. The first-order chi connectivity index (χ1) is 8.68. The van der Waals surface area contributed by atoms with Crippen LogP contribution in [0.3, 0.4) is 0 Å². The second-order valence-electron chi connectivity index (χ2n) is 3.63. The molecule has 1 heterocycles. The molecule has 0 aliphatic heterocycles. The van der Waals surface area contributed by atoms with Crippen LogP contribution in [0.15, 0.2) is 47.2 Å². The van der Waals surface area contributed by atoms with E-state index in [4.69, 9.17) is 5.11 Å². The molecule has 0 aliphatic rings. The van der Waals surface area contributed by atoms with Gasteiger partial charge in [0.2, 0.25) is 0 Å². The smallest absolute Gasteiger partial charge is 0.323 e.